The highest BCUT2D eigenvalue weighted by Gasteiger charge is 2.15. The molecule has 4 heterocycles. The number of oxazole rings is 2. The number of aromatic nitrogens is 4. The molecular weight excluding hydrogens is 368 g/mol. The summed E-state index contributed by atoms with van der Waals surface area (Å²) in [4.78, 5) is 17.2. The molecule has 138 valence electrons. The lowest BCUT2D eigenvalue weighted by Gasteiger charge is -2.05. The van der Waals surface area contributed by atoms with Gasteiger partial charge in [-0.3, -0.25) is 0 Å². The average molecular weight is 380 g/mol. The SMILES string of the molecule is Oc1cc2ccc(-c3nc4ncccc4o3)cc2cc1-c1nc2ncccc2o1. The summed E-state index contributed by atoms with van der Waals surface area (Å²) in [5.74, 6) is 0.888. The minimum absolute atomic E-state index is 0.0860. The molecule has 0 spiro atoms. The average Bonchev–Trinajstić information content (AvgIpc) is 3.37. The van der Waals surface area contributed by atoms with Gasteiger partial charge in [0.1, 0.15) is 5.75 Å². The summed E-state index contributed by atoms with van der Waals surface area (Å²) in [6.07, 6.45) is 3.33. The minimum Gasteiger partial charge on any atom is -0.507 e. The van der Waals surface area contributed by atoms with Crippen molar-refractivity contribution in [2.75, 3.05) is 0 Å². The molecule has 0 saturated carbocycles. The Morgan fingerprint density at radius 2 is 1.38 bits per heavy atom. The molecule has 0 unspecified atom stereocenters. The third-order valence-electron chi connectivity index (χ3n) is 4.76. The normalized spacial score (nSPS) is 11.6. The molecule has 1 N–H and O–H groups in total. The van der Waals surface area contributed by atoms with Crippen LogP contribution in [0.5, 0.6) is 5.75 Å². The van der Waals surface area contributed by atoms with Crippen molar-refractivity contribution in [3.8, 4) is 28.7 Å². The second-order valence-electron chi connectivity index (χ2n) is 6.62. The summed E-state index contributed by atoms with van der Waals surface area (Å²) >= 11 is 0. The maximum Gasteiger partial charge on any atom is 0.232 e. The smallest absolute Gasteiger partial charge is 0.232 e. The zero-order valence-electron chi connectivity index (χ0n) is 14.9. The van der Waals surface area contributed by atoms with Crippen molar-refractivity contribution in [3.63, 3.8) is 0 Å². The van der Waals surface area contributed by atoms with Gasteiger partial charge < -0.3 is 13.9 Å². The lowest BCUT2D eigenvalue weighted by molar-refractivity contribution is 0.475. The Morgan fingerprint density at radius 1 is 0.690 bits per heavy atom. The van der Waals surface area contributed by atoms with E-state index in [1.54, 1.807) is 30.6 Å². The van der Waals surface area contributed by atoms with Crippen molar-refractivity contribution in [2.45, 2.75) is 0 Å². The van der Waals surface area contributed by atoms with Crippen LogP contribution in [-0.2, 0) is 0 Å². The van der Waals surface area contributed by atoms with E-state index >= 15 is 0 Å². The fraction of sp³-hybridized carbons (Fsp3) is 0. The maximum absolute atomic E-state index is 10.5. The topological polar surface area (TPSA) is 98.1 Å². The number of hydrogen-bond acceptors (Lipinski definition) is 7. The van der Waals surface area contributed by atoms with Gasteiger partial charge in [0.05, 0.1) is 5.56 Å². The largest absolute Gasteiger partial charge is 0.507 e. The van der Waals surface area contributed by atoms with Gasteiger partial charge in [-0.2, -0.15) is 9.97 Å². The van der Waals surface area contributed by atoms with Crippen LogP contribution in [0.1, 0.15) is 0 Å². The molecule has 6 aromatic rings. The predicted molar refractivity (Wildman–Crippen MR) is 107 cm³/mol. The van der Waals surface area contributed by atoms with Crippen LogP contribution in [0.4, 0.5) is 0 Å². The van der Waals surface area contributed by atoms with E-state index in [1.165, 1.54) is 0 Å². The zero-order valence-corrected chi connectivity index (χ0v) is 14.9. The van der Waals surface area contributed by atoms with Gasteiger partial charge in [0.25, 0.3) is 0 Å². The molecule has 7 heteroatoms. The fourth-order valence-corrected chi connectivity index (χ4v) is 3.37. The minimum atomic E-state index is 0.0860. The van der Waals surface area contributed by atoms with E-state index in [9.17, 15) is 5.11 Å². The van der Waals surface area contributed by atoms with E-state index in [1.807, 2.05) is 36.4 Å². The highest BCUT2D eigenvalue weighted by Crippen LogP contribution is 2.36. The van der Waals surface area contributed by atoms with Gasteiger partial charge in [-0.25, -0.2) is 9.97 Å². The first-order chi connectivity index (χ1) is 14.2. The predicted octanol–water partition coefficient (Wildman–Crippen LogP) is 4.95. The van der Waals surface area contributed by atoms with Gasteiger partial charge >= 0.3 is 0 Å². The van der Waals surface area contributed by atoms with Crippen molar-refractivity contribution >= 4 is 33.2 Å². The fourth-order valence-electron chi connectivity index (χ4n) is 3.37. The van der Waals surface area contributed by atoms with E-state index in [0.29, 0.717) is 39.8 Å². The van der Waals surface area contributed by atoms with Crippen LogP contribution < -0.4 is 0 Å². The van der Waals surface area contributed by atoms with Crippen molar-refractivity contribution in [2.24, 2.45) is 0 Å². The number of aromatic hydroxyl groups is 1. The van der Waals surface area contributed by atoms with Crippen LogP contribution in [0.3, 0.4) is 0 Å². The summed E-state index contributed by atoms with van der Waals surface area (Å²) < 4.78 is 11.6. The molecule has 7 nitrogen and oxygen atoms in total. The Kier molecular flexibility index (Phi) is 3.19. The molecule has 29 heavy (non-hydrogen) atoms. The van der Waals surface area contributed by atoms with Gasteiger partial charge in [0, 0.05) is 18.0 Å². The molecule has 4 aromatic heterocycles. The van der Waals surface area contributed by atoms with Crippen molar-refractivity contribution in [1.29, 1.82) is 0 Å². The first kappa shape index (κ1) is 15.8. The molecule has 6 rings (SSSR count). The molecule has 0 amide bonds. The molecule has 0 atom stereocenters. The molecule has 0 fully saturated rings. The number of nitrogens with zero attached hydrogens (tertiary/aromatic N) is 4. The standard InChI is InChI=1S/C22H12N4O3/c27-16-11-12-5-6-13(21-25-19-17(28-21)3-1-7-23-19)9-14(12)10-15(16)22-26-20-18(29-22)4-2-8-24-20/h1-11,27H. The second kappa shape index (κ2) is 5.87. The summed E-state index contributed by atoms with van der Waals surface area (Å²) in [6.45, 7) is 0. The Balaban J connectivity index is 1.51. The Morgan fingerprint density at radius 3 is 2.10 bits per heavy atom. The Bertz CT molecular complexity index is 1470. The van der Waals surface area contributed by atoms with Crippen molar-refractivity contribution in [1.82, 2.24) is 19.9 Å². The van der Waals surface area contributed by atoms with Crippen LogP contribution in [0.2, 0.25) is 0 Å². The van der Waals surface area contributed by atoms with Crippen LogP contribution >= 0.6 is 0 Å². The molecule has 0 aliphatic heterocycles. The molecule has 0 aliphatic carbocycles. The number of pyridine rings is 2. The number of rotatable bonds is 2. The first-order valence-electron chi connectivity index (χ1n) is 8.95. The lowest BCUT2D eigenvalue weighted by Crippen LogP contribution is -1.84. The van der Waals surface area contributed by atoms with Crippen LogP contribution in [0.15, 0.2) is 75.8 Å². The summed E-state index contributed by atoms with van der Waals surface area (Å²) in [6, 6.07) is 16.5. The highest BCUT2D eigenvalue weighted by atomic mass is 16.4. The quantitative estimate of drug-likeness (QED) is 0.454. The molecule has 0 bridgehead atoms. The van der Waals surface area contributed by atoms with E-state index in [0.717, 1.165) is 16.3 Å². The molecule has 0 radical (unpaired) electrons. The Hall–Kier alpha value is -4.26. The van der Waals surface area contributed by atoms with Crippen molar-refractivity contribution in [3.05, 3.63) is 67.0 Å². The van der Waals surface area contributed by atoms with Crippen LogP contribution in [-0.4, -0.2) is 25.0 Å². The summed E-state index contributed by atoms with van der Waals surface area (Å²) in [5, 5.41) is 12.3. The van der Waals surface area contributed by atoms with Crippen molar-refractivity contribution < 1.29 is 13.9 Å². The first-order valence-corrected chi connectivity index (χ1v) is 8.95. The highest BCUT2D eigenvalue weighted by molar-refractivity contribution is 5.92. The number of phenolic OH excluding ortho intramolecular Hbond substituents is 1. The van der Waals surface area contributed by atoms with E-state index in [2.05, 4.69) is 19.9 Å². The van der Waals surface area contributed by atoms with Gasteiger partial charge in [0.15, 0.2) is 22.5 Å². The molecule has 0 aliphatic rings. The molecule has 0 saturated heterocycles. The van der Waals surface area contributed by atoms with E-state index < -0.39 is 0 Å². The van der Waals surface area contributed by atoms with E-state index in [-0.39, 0.29) is 5.75 Å². The maximum atomic E-state index is 10.5. The molecule has 2 aromatic carbocycles. The number of phenols is 1. The zero-order chi connectivity index (χ0) is 19.4. The number of benzene rings is 2. The monoisotopic (exact) mass is 380 g/mol. The Labute approximate surface area is 163 Å². The number of hydrogen-bond donors (Lipinski definition) is 1. The summed E-state index contributed by atoms with van der Waals surface area (Å²) in [5.41, 5.74) is 3.56. The van der Waals surface area contributed by atoms with Crippen LogP contribution in [0, 0.1) is 0 Å². The van der Waals surface area contributed by atoms with Gasteiger partial charge in [-0.15, -0.1) is 0 Å². The van der Waals surface area contributed by atoms with Gasteiger partial charge in [0.2, 0.25) is 11.8 Å². The van der Waals surface area contributed by atoms with Crippen LogP contribution in [0.25, 0.3) is 56.1 Å². The molecular formula is C22H12N4O3. The van der Waals surface area contributed by atoms with Gasteiger partial charge in [-0.1, -0.05) is 6.07 Å². The van der Waals surface area contributed by atoms with Gasteiger partial charge in [-0.05, 0) is 59.3 Å². The summed E-state index contributed by atoms with van der Waals surface area (Å²) in [7, 11) is 0. The van der Waals surface area contributed by atoms with E-state index in [4.69, 9.17) is 8.83 Å². The number of fused-ring (bicyclic) bond motifs is 3. The third kappa shape index (κ3) is 2.52. The lowest BCUT2D eigenvalue weighted by atomic mass is 10.0. The second-order valence-corrected chi connectivity index (χ2v) is 6.62. The third-order valence-corrected chi connectivity index (χ3v) is 4.76.